The molecule has 7 nitrogen and oxygen atoms in total. The van der Waals surface area contributed by atoms with E-state index in [-0.39, 0.29) is 24.2 Å². The van der Waals surface area contributed by atoms with E-state index in [1.54, 1.807) is 18.2 Å². The number of fused-ring (bicyclic) bond motifs is 1. The third-order valence-corrected chi connectivity index (χ3v) is 5.77. The normalized spacial score (nSPS) is 21.5. The molecule has 2 aliphatic rings. The van der Waals surface area contributed by atoms with Crippen LogP contribution in [0.25, 0.3) is 0 Å². The van der Waals surface area contributed by atoms with Gasteiger partial charge < -0.3 is 10.1 Å². The van der Waals surface area contributed by atoms with Crippen LogP contribution in [0.3, 0.4) is 0 Å². The summed E-state index contributed by atoms with van der Waals surface area (Å²) in [5.74, 6) is -2.65. The first kappa shape index (κ1) is 22.2. The van der Waals surface area contributed by atoms with Crippen molar-refractivity contribution >= 4 is 45.3 Å². The Bertz CT molecular complexity index is 856. The van der Waals surface area contributed by atoms with Crippen LogP contribution in [0.1, 0.15) is 33.1 Å². The zero-order valence-corrected chi connectivity index (χ0v) is 18.6. The molecule has 1 aromatic rings. The first-order valence-corrected chi connectivity index (χ1v) is 10.8. The molecule has 0 saturated carbocycles. The predicted molar refractivity (Wildman–Crippen MR) is 114 cm³/mol. The number of benzene rings is 1. The van der Waals surface area contributed by atoms with E-state index in [0.29, 0.717) is 18.5 Å². The largest absolute Gasteiger partial charge is 0.454 e. The van der Waals surface area contributed by atoms with E-state index in [2.05, 4.69) is 21.2 Å². The fraction of sp³-hybridized carbons (Fsp3) is 0.455. The molecule has 8 heteroatoms. The fourth-order valence-electron chi connectivity index (χ4n) is 3.88. The van der Waals surface area contributed by atoms with Crippen molar-refractivity contribution in [2.75, 3.05) is 11.9 Å². The third-order valence-electron chi connectivity index (χ3n) is 5.27. The van der Waals surface area contributed by atoms with Gasteiger partial charge >= 0.3 is 5.97 Å². The van der Waals surface area contributed by atoms with E-state index in [9.17, 15) is 19.2 Å². The molecule has 1 N–H and O–H groups in total. The van der Waals surface area contributed by atoms with Gasteiger partial charge in [-0.3, -0.25) is 19.3 Å². The highest BCUT2D eigenvalue weighted by Gasteiger charge is 2.51. The van der Waals surface area contributed by atoms with Gasteiger partial charge in [-0.2, -0.15) is 0 Å². The van der Waals surface area contributed by atoms with Gasteiger partial charge in [-0.05, 0) is 43.4 Å². The smallest absolute Gasteiger partial charge is 0.329 e. The van der Waals surface area contributed by atoms with Crippen molar-refractivity contribution in [3.05, 3.63) is 40.9 Å². The molecule has 3 rings (SSSR count). The number of ether oxygens (including phenoxy) is 1. The van der Waals surface area contributed by atoms with E-state index in [0.717, 1.165) is 9.37 Å². The van der Waals surface area contributed by atoms with Crippen molar-refractivity contribution in [2.24, 2.45) is 17.8 Å². The number of rotatable bonds is 7. The van der Waals surface area contributed by atoms with Gasteiger partial charge in [-0.25, -0.2) is 4.79 Å². The lowest BCUT2D eigenvalue weighted by Crippen LogP contribution is -2.47. The molecule has 1 aromatic carbocycles. The Morgan fingerprint density at radius 1 is 1.17 bits per heavy atom. The minimum Gasteiger partial charge on any atom is -0.454 e. The number of hydrogen-bond donors (Lipinski definition) is 1. The number of carbonyl (C=O) groups is 4. The van der Waals surface area contributed by atoms with E-state index in [1.165, 1.54) is 0 Å². The summed E-state index contributed by atoms with van der Waals surface area (Å²) in [6, 6.07) is 6.00. The molecule has 1 aliphatic carbocycles. The Morgan fingerprint density at radius 3 is 2.37 bits per heavy atom. The number of nitrogens with one attached hydrogen (secondary N) is 1. The zero-order valence-electron chi connectivity index (χ0n) is 17.0. The van der Waals surface area contributed by atoms with Crippen molar-refractivity contribution in [3.8, 4) is 0 Å². The Labute approximate surface area is 184 Å². The zero-order chi connectivity index (χ0) is 21.8. The molecule has 30 heavy (non-hydrogen) atoms. The Kier molecular flexibility index (Phi) is 7.07. The second-order valence-corrected chi connectivity index (χ2v) is 8.93. The van der Waals surface area contributed by atoms with Crippen LogP contribution >= 0.6 is 15.9 Å². The van der Waals surface area contributed by atoms with Crippen molar-refractivity contribution < 1.29 is 23.9 Å². The summed E-state index contributed by atoms with van der Waals surface area (Å²) in [6.07, 6.45) is 5.10. The van der Waals surface area contributed by atoms with Gasteiger partial charge in [-0.15, -0.1) is 0 Å². The molecular weight excluding hydrogens is 452 g/mol. The molecule has 3 unspecified atom stereocenters. The fourth-order valence-corrected chi connectivity index (χ4v) is 4.28. The molecule has 3 amide bonds. The topological polar surface area (TPSA) is 92.8 Å². The molecule has 3 atom stereocenters. The third kappa shape index (κ3) is 4.98. The lowest BCUT2D eigenvalue weighted by Gasteiger charge is -2.26. The minimum absolute atomic E-state index is 0.0550. The number of carbonyl (C=O) groups excluding carboxylic acids is 4. The molecule has 0 bridgehead atoms. The summed E-state index contributed by atoms with van der Waals surface area (Å²) in [5, 5.41) is 2.64. The summed E-state index contributed by atoms with van der Waals surface area (Å²) in [5.41, 5.74) is 0.561. The predicted octanol–water partition coefficient (Wildman–Crippen LogP) is 3.30. The van der Waals surface area contributed by atoms with Crippen LogP contribution in [-0.4, -0.2) is 41.2 Å². The molecular formula is C22H25BrN2O5. The second-order valence-electron chi connectivity index (χ2n) is 8.01. The maximum absolute atomic E-state index is 12.9. The van der Waals surface area contributed by atoms with Gasteiger partial charge in [0.25, 0.3) is 5.91 Å². The molecule has 1 aliphatic heterocycles. The van der Waals surface area contributed by atoms with Crippen LogP contribution in [0.4, 0.5) is 5.69 Å². The number of allylic oxidation sites excluding steroid dienone is 2. The van der Waals surface area contributed by atoms with Gasteiger partial charge in [0.15, 0.2) is 6.61 Å². The number of amides is 3. The molecule has 0 aromatic heterocycles. The first-order chi connectivity index (χ1) is 14.3. The Morgan fingerprint density at radius 2 is 1.80 bits per heavy atom. The molecule has 0 spiro atoms. The highest BCUT2D eigenvalue weighted by Crippen LogP contribution is 2.37. The maximum atomic E-state index is 12.9. The summed E-state index contributed by atoms with van der Waals surface area (Å²) >= 11 is 3.32. The lowest BCUT2D eigenvalue weighted by molar-refractivity contribution is -0.160. The molecule has 1 fully saturated rings. The standard InChI is InChI=1S/C22H25BrN2O5/c1-13(2)10-18(25-20(27)16-8-3-4-9-17(16)21(25)28)22(29)30-12-19(26)24-15-7-5-6-14(23)11-15/h3-7,11,13,16-18H,8-10,12H2,1-2H3,(H,24,26). The van der Waals surface area contributed by atoms with Gasteiger partial charge in [0.05, 0.1) is 11.8 Å². The lowest BCUT2D eigenvalue weighted by atomic mass is 9.85. The van der Waals surface area contributed by atoms with Crippen LogP contribution in [0.15, 0.2) is 40.9 Å². The summed E-state index contributed by atoms with van der Waals surface area (Å²) < 4.78 is 6.01. The monoisotopic (exact) mass is 476 g/mol. The number of anilines is 1. The van der Waals surface area contributed by atoms with E-state index in [1.807, 2.05) is 32.1 Å². The van der Waals surface area contributed by atoms with Crippen molar-refractivity contribution in [2.45, 2.75) is 39.2 Å². The van der Waals surface area contributed by atoms with Crippen LogP contribution in [0, 0.1) is 17.8 Å². The van der Waals surface area contributed by atoms with E-state index in [4.69, 9.17) is 4.74 Å². The highest BCUT2D eigenvalue weighted by molar-refractivity contribution is 9.10. The Balaban J connectivity index is 1.66. The van der Waals surface area contributed by atoms with Crippen LogP contribution in [0.5, 0.6) is 0 Å². The number of esters is 1. The first-order valence-electron chi connectivity index (χ1n) is 10.0. The van der Waals surface area contributed by atoms with Crippen LogP contribution in [0.2, 0.25) is 0 Å². The summed E-state index contributed by atoms with van der Waals surface area (Å²) in [7, 11) is 0. The number of likely N-dealkylation sites (tertiary alicyclic amines) is 1. The average Bonchev–Trinajstić information content (AvgIpc) is 2.95. The van der Waals surface area contributed by atoms with E-state index < -0.39 is 36.4 Å². The number of halogens is 1. The SMILES string of the molecule is CC(C)CC(C(=O)OCC(=O)Nc1cccc(Br)c1)N1C(=O)C2CC=CCC2C1=O. The van der Waals surface area contributed by atoms with Gasteiger partial charge in [0.2, 0.25) is 11.8 Å². The van der Waals surface area contributed by atoms with Crippen molar-refractivity contribution in [3.63, 3.8) is 0 Å². The van der Waals surface area contributed by atoms with E-state index >= 15 is 0 Å². The second kappa shape index (κ2) is 9.55. The number of hydrogen-bond acceptors (Lipinski definition) is 5. The summed E-state index contributed by atoms with van der Waals surface area (Å²) in [6.45, 7) is 3.31. The maximum Gasteiger partial charge on any atom is 0.329 e. The molecule has 1 heterocycles. The average molecular weight is 477 g/mol. The molecule has 160 valence electrons. The van der Waals surface area contributed by atoms with Gasteiger partial charge in [0.1, 0.15) is 6.04 Å². The van der Waals surface area contributed by atoms with Gasteiger partial charge in [0, 0.05) is 10.2 Å². The number of imide groups is 1. The highest BCUT2D eigenvalue weighted by atomic mass is 79.9. The van der Waals surface area contributed by atoms with Crippen molar-refractivity contribution in [1.82, 2.24) is 4.90 Å². The molecule has 1 saturated heterocycles. The van der Waals surface area contributed by atoms with Crippen LogP contribution < -0.4 is 5.32 Å². The van der Waals surface area contributed by atoms with Crippen molar-refractivity contribution in [1.29, 1.82) is 0 Å². The quantitative estimate of drug-likeness (QED) is 0.370. The summed E-state index contributed by atoms with van der Waals surface area (Å²) in [4.78, 5) is 51.8. The van der Waals surface area contributed by atoms with Gasteiger partial charge in [-0.1, -0.05) is 48.0 Å². The minimum atomic E-state index is -1.02. The Hall–Kier alpha value is -2.48. The van der Waals surface area contributed by atoms with Crippen LogP contribution in [-0.2, 0) is 23.9 Å². The molecule has 0 radical (unpaired) electrons. The number of nitrogens with zero attached hydrogens (tertiary/aromatic N) is 1.